The van der Waals surface area contributed by atoms with E-state index < -0.39 is 5.97 Å². The molecule has 4 heteroatoms. The molecule has 0 bridgehead atoms. The minimum absolute atomic E-state index is 0.343. The van der Waals surface area contributed by atoms with Crippen LogP contribution in [-0.4, -0.2) is 21.0 Å². The number of hydrogen-bond acceptors (Lipinski definition) is 2. The summed E-state index contributed by atoms with van der Waals surface area (Å²) in [4.78, 5) is 16.6. The second-order valence-electron chi connectivity index (χ2n) is 4.73. The highest BCUT2D eigenvalue weighted by atomic mass is 16.4. The Labute approximate surface area is 116 Å². The first-order chi connectivity index (χ1) is 9.27. The topological polar surface area (TPSA) is 66.0 Å². The van der Waals surface area contributed by atoms with E-state index in [2.05, 4.69) is 16.9 Å². The summed E-state index contributed by atoms with van der Waals surface area (Å²) in [7, 11) is 0. The second-order valence-corrected chi connectivity index (χ2v) is 4.73. The standard InChI is InChI=1S/C12H24O2.C3H4N2/c1-2-3-4-5-6-7-8-9-10-11-12(13)14;1-2-5-3-4-1/h2-11H2,1H3,(H,13,14);1-3H,(H,4,5). The Morgan fingerprint density at radius 2 is 1.63 bits per heavy atom. The number of carbonyl (C=O) groups is 1. The molecule has 0 unspecified atom stereocenters. The zero-order valence-electron chi connectivity index (χ0n) is 12.1. The van der Waals surface area contributed by atoms with E-state index in [1.54, 1.807) is 18.7 Å². The largest absolute Gasteiger partial charge is 0.481 e. The summed E-state index contributed by atoms with van der Waals surface area (Å²) in [6.45, 7) is 2.23. The summed E-state index contributed by atoms with van der Waals surface area (Å²) < 4.78 is 0. The molecule has 0 spiro atoms. The van der Waals surface area contributed by atoms with E-state index >= 15 is 0 Å². The maximum atomic E-state index is 10.2. The molecule has 1 aromatic rings. The van der Waals surface area contributed by atoms with Crippen molar-refractivity contribution in [2.75, 3.05) is 0 Å². The van der Waals surface area contributed by atoms with Crippen LogP contribution in [0, 0.1) is 0 Å². The molecule has 1 aromatic heterocycles. The fourth-order valence-electron chi connectivity index (χ4n) is 1.80. The highest BCUT2D eigenvalue weighted by Crippen LogP contribution is 2.10. The predicted molar refractivity (Wildman–Crippen MR) is 78.1 cm³/mol. The number of aromatic amines is 1. The lowest BCUT2D eigenvalue weighted by Crippen LogP contribution is -1.93. The summed E-state index contributed by atoms with van der Waals surface area (Å²) in [5, 5.41) is 8.41. The van der Waals surface area contributed by atoms with Crippen molar-refractivity contribution in [1.82, 2.24) is 9.97 Å². The molecule has 19 heavy (non-hydrogen) atoms. The number of imidazole rings is 1. The van der Waals surface area contributed by atoms with Crippen LogP contribution in [0.1, 0.15) is 71.1 Å². The van der Waals surface area contributed by atoms with Crippen molar-refractivity contribution in [3.8, 4) is 0 Å². The van der Waals surface area contributed by atoms with Gasteiger partial charge in [-0.3, -0.25) is 4.79 Å². The van der Waals surface area contributed by atoms with Crippen LogP contribution < -0.4 is 0 Å². The number of H-pyrrole nitrogens is 1. The number of carboxylic acid groups (broad SMARTS) is 1. The molecule has 0 radical (unpaired) electrons. The van der Waals surface area contributed by atoms with Gasteiger partial charge in [0.15, 0.2) is 0 Å². The van der Waals surface area contributed by atoms with Crippen LogP contribution in [0.2, 0.25) is 0 Å². The fraction of sp³-hybridized carbons (Fsp3) is 0.733. The van der Waals surface area contributed by atoms with E-state index in [0.29, 0.717) is 6.42 Å². The lowest BCUT2D eigenvalue weighted by molar-refractivity contribution is -0.137. The van der Waals surface area contributed by atoms with Crippen molar-refractivity contribution in [1.29, 1.82) is 0 Å². The molecule has 1 heterocycles. The molecule has 2 N–H and O–H groups in total. The maximum absolute atomic E-state index is 10.2. The number of aromatic nitrogens is 2. The number of aliphatic carboxylic acids is 1. The van der Waals surface area contributed by atoms with Gasteiger partial charge in [0.25, 0.3) is 0 Å². The number of hydrogen-bond donors (Lipinski definition) is 2. The Morgan fingerprint density at radius 1 is 1.05 bits per heavy atom. The van der Waals surface area contributed by atoms with Gasteiger partial charge in [-0.15, -0.1) is 0 Å². The lowest BCUT2D eigenvalue weighted by Gasteiger charge is -2.00. The Balaban J connectivity index is 0.000000532. The Morgan fingerprint density at radius 3 is 2.00 bits per heavy atom. The molecule has 1 rings (SSSR count). The van der Waals surface area contributed by atoms with Gasteiger partial charge in [0.2, 0.25) is 0 Å². The van der Waals surface area contributed by atoms with Gasteiger partial charge in [-0.2, -0.15) is 0 Å². The molecule has 0 saturated heterocycles. The minimum atomic E-state index is -0.659. The Kier molecular flexibility index (Phi) is 13.7. The summed E-state index contributed by atoms with van der Waals surface area (Å²) in [6, 6.07) is 0. The van der Waals surface area contributed by atoms with E-state index in [4.69, 9.17) is 5.11 Å². The summed E-state index contributed by atoms with van der Waals surface area (Å²) in [5.41, 5.74) is 0. The van der Waals surface area contributed by atoms with Gasteiger partial charge in [-0.25, -0.2) is 4.98 Å². The first-order valence-electron chi connectivity index (χ1n) is 7.42. The van der Waals surface area contributed by atoms with Gasteiger partial charge in [0.1, 0.15) is 0 Å². The Hall–Kier alpha value is -1.32. The predicted octanol–water partition coefficient (Wildman–Crippen LogP) is 4.40. The van der Waals surface area contributed by atoms with Crippen LogP contribution in [0.4, 0.5) is 0 Å². The second kappa shape index (κ2) is 14.7. The number of nitrogens with zero attached hydrogens (tertiary/aromatic N) is 1. The molecular formula is C15H28N2O2. The third-order valence-electron chi connectivity index (χ3n) is 2.90. The zero-order chi connectivity index (χ0) is 14.2. The fourth-order valence-corrected chi connectivity index (χ4v) is 1.80. The van der Waals surface area contributed by atoms with Gasteiger partial charge >= 0.3 is 5.97 Å². The molecule has 0 aromatic carbocycles. The smallest absolute Gasteiger partial charge is 0.303 e. The van der Waals surface area contributed by atoms with Crippen molar-refractivity contribution in [3.63, 3.8) is 0 Å². The maximum Gasteiger partial charge on any atom is 0.303 e. The summed E-state index contributed by atoms with van der Waals surface area (Å²) >= 11 is 0. The van der Waals surface area contributed by atoms with Crippen LogP contribution in [0.3, 0.4) is 0 Å². The average Bonchev–Trinajstić information content (AvgIpc) is 2.95. The van der Waals surface area contributed by atoms with Crippen molar-refractivity contribution < 1.29 is 9.90 Å². The number of rotatable bonds is 10. The molecule has 0 atom stereocenters. The van der Waals surface area contributed by atoms with Gasteiger partial charge in [0, 0.05) is 18.8 Å². The summed E-state index contributed by atoms with van der Waals surface area (Å²) in [5.74, 6) is -0.659. The highest BCUT2D eigenvalue weighted by Gasteiger charge is 1.96. The van der Waals surface area contributed by atoms with Crippen LogP contribution in [-0.2, 0) is 4.79 Å². The lowest BCUT2D eigenvalue weighted by atomic mass is 10.1. The van der Waals surface area contributed by atoms with Gasteiger partial charge in [-0.05, 0) is 6.42 Å². The average molecular weight is 268 g/mol. The minimum Gasteiger partial charge on any atom is -0.481 e. The van der Waals surface area contributed by atoms with Crippen molar-refractivity contribution in [2.24, 2.45) is 0 Å². The zero-order valence-corrected chi connectivity index (χ0v) is 12.1. The summed E-state index contributed by atoms with van der Waals surface area (Å²) in [6.07, 6.45) is 16.6. The van der Waals surface area contributed by atoms with Crippen molar-refractivity contribution in [2.45, 2.75) is 71.1 Å². The van der Waals surface area contributed by atoms with Crippen LogP contribution in [0.25, 0.3) is 0 Å². The van der Waals surface area contributed by atoms with Crippen LogP contribution >= 0.6 is 0 Å². The molecule has 110 valence electrons. The van der Waals surface area contributed by atoms with Crippen LogP contribution in [0.5, 0.6) is 0 Å². The van der Waals surface area contributed by atoms with Gasteiger partial charge in [-0.1, -0.05) is 58.3 Å². The van der Waals surface area contributed by atoms with E-state index in [1.807, 2.05) is 0 Å². The molecular weight excluding hydrogens is 240 g/mol. The van der Waals surface area contributed by atoms with E-state index in [1.165, 1.54) is 44.9 Å². The molecule has 0 fully saturated rings. The monoisotopic (exact) mass is 268 g/mol. The molecule has 0 aliphatic heterocycles. The SMILES string of the molecule is CCCCCCCCCCCC(=O)O.c1c[nH]cn1. The van der Waals surface area contributed by atoms with E-state index in [-0.39, 0.29) is 0 Å². The molecule has 0 aliphatic carbocycles. The first-order valence-corrected chi connectivity index (χ1v) is 7.42. The molecule has 4 nitrogen and oxygen atoms in total. The molecule has 0 amide bonds. The first kappa shape index (κ1) is 17.7. The number of nitrogens with one attached hydrogen (secondary N) is 1. The number of unbranched alkanes of at least 4 members (excludes halogenated alkanes) is 8. The third kappa shape index (κ3) is 16.7. The van der Waals surface area contributed by atoms with E-state index in [0.717, 1.165) is 12.8 Å². The molecule has 0 aliphatic rings. The van der Waals surface area contributed by atoms with Crippen molar-refractivity contribution >= 4 is 5.97 Å². The Bertz CT molecular complexity index is 256. The van der Waals surface area contributed by atoms with Gasteiger partial charge < -0.3 is 10.1 Å². The van der Waals surface area contributed by atoms with E-state index in [9.17, 15) is 4.79 Å². The third-order valence-corrected chi connectivity index (χ3v) is 2.90. The van der Waals surface area contributed by atoms with Crippen molar-refractivity contribution in [3.05, 3.63) is 18.7 Å². The molecule has 0 saturated carbocycles. The highest BCUT2D eigenvalue weighted by molar-refractivity contribution is 5.66. The van der Waals surface area contributed by atoms with Crippen LogP contribution in [0.15, 0.2) is 18.7 Å². The van der Waals surface area contributed by atoms with Gasteiger partial charge in [0.05, 0.1) is 6.33 Å². The quantitative estimate of drug-likeness (QED) is 0.618. The number of carboxylic acids is 1. The normalized spacial score (nSPS) is 9.74.